The fourth-order valence-electron chi connectivity index (χ4n) is 4.93. The van der Waals surface area contributed by atoms with E-state index < -0.39 is 0 Å². The molecular weight excluding hydrogens is 410 g/mol. The third-order valence-corrected chi connectivity index (χ3v) is 7.58. The highest BCUT2D eigenvalue weighted by Gasteiger charge is 2.22. The molecule has 0 aliphatic carbocycles. The molecule has 0 amide bonds. The van der Waals surface area contributed by atoms with Crippen LogP contribution in [0.25, 0.3) is 10.8 Å². The average Bonchev–Trinajstić information content (AvgIpc) is 2.85. The van der Waals surface area contributed by atoms with Crippen molar-refractivity contribution in [3.8, 4) is 0 Å². The molecule has 0 spiro atoms. The van der Waals surface area contributed by atoms with Gasteiger partial charge in [0.05, 0.1) is 5.69 Å². The molecular formula is C33H39N. The summed E-state index contributed by atoms with van der Waals surface area (Å²) in [7, 11) is 0. The van der Waals surface area contributed by atoms with Crippen molar-refractivity contribution in [3.63, 3.8) is 0 Å². The van der Waals surface area contributed by atoms with Gasteiger partial charge in [0.2, 0.25) is 0 Å². The number of anilines is 3. The molecule has 4 aromatic rings. The highest BCUT2D eigenvalue weighted by atomic mass is 15.1. The van der Waals surface area contributed by atoms with Gasteiger partial charge in [-0.05, 0) is 70.5 Å². The molecule has 34 heavy (non-hydrogen) atoms. The average molecular weight is 450 g/mol. The molecule has 0 N–H and O–H groups in total. The summed E-state index contributed by atoms with van der Waals surface area (Å²) in [6, 6.07) is 33.6. The zero-order valence-electron chi connectivity index (χ0n) is 21.7. The second kappa shape index (κ2) is 9.66. The molecule has 0 radical (unpaired) electrons. The van der Waals surface area contributed by atoms with Gasteiger partial charge in [0.15, 0.2) is 0 Å². The summed E-state index contributed by atoms with van der Waals surface area (Å²) in [4.78, 5) is 2.40. The fourth-order valence-corrected chi connectivity index (χ4v) is 4.93. The molecule has 0 saturated carbocycles. The Morgan fingerprint density at radius 2 is 1.12 bits per heavy atom. The van der Waals surface area contributed by atoms with E-state index in [-0.39, 0.29) is 10.8 Å². The topological polar surface area (TPSA) is 3.24 Å². The van der Waals surface area contributed by atoms with Gasteiger partial charge in [0, 0.05) is 16.8 Å². The van der Waals surface area contributed by atoms with Crippen molar-refractivity contribution in [1.82, 2.24) is 0 Å². The van der Waals surface area contributed by atoms with Gasteiger partial charge in [-0.2, -0.15) is 0 Å². The van der Waals surface area contributed by atoms with Crippen molar-refractivity contribution >= 4 is 27.8 Å². The summed E-state index contributed by atoms with van der Waals surface area (Å²) in [5.41, 5.74) is 6.73. The summed E-state index contributed by atoms with van der Waals surface area (Å²) in [6.45, 7) is 13.9. The van der Waals surface area contributed by atoms with Crippen LogP contribution in [0.5, 0.6) is 0 Å². The normalized spacial score (nSPS) is 12.2. The molecule has 0 aliphatic rings. The Kier molecular flexibility index (Phi) is 6.84. The van der Waals surface area contributed by atoms with Crippen molar-refractivity contribution in [2.45, 2.75) is 71.6 Å². The first-order chi connectivity index (χ1) is 16.3. The van der Waals surface area contributed by atoms with Crippen LogP contribution in [-0.2, 0) is 10.8 Å². The minimum atomic E-state index is 0.176. The number of nitrogens with zero attached hydrogens (tertiary/aromatic N) is 1. The maximum absolute atomic E-state index is 2.40. The lowest BCUT2D eigenvalue weighted by molar-refractivity contribution is 0.473. The van der Waals surface area contributed by atoms with Crippen LogP contribution < -0.4 is 4.90 Å². The Bertz CT molecular complexity index is 1220. The molecule has 1 nitrogen and oxygen atoms in total. The predicted molar refractivity (Wildman–Crippen MR) is 150 cm³/mol. The maximum Gasteiger partial charge on any atom is 0.0540 e. The molecule has 0 saturated heterocycles. The van der Waals surface area contributed by atoms with Crippen LogP contribution in [0.1, 0.15) is 71.9 Å². The molecule has 0 unspecified atom stereocenters. The summed E-state index contributed by atoms with van der Waals surface area (Å²) < 4.78 is 0. The smallest absolute Gasteiger partial charge is 0.0540 e. The van der Waals surface area contributed by atoms with Crippen molar-refractivity contribution < 1.29 is 0 Å². The third-order valence-electron chi connectivity index (χ3n) is 7.58. The largest absolute Gasteiger partial charge is 0.310 e. The third kappa shape index (κ3) is 4.75. The SMILES string of the molecule is CCCC(C)(C)c1ccc(N(c2ccc(C(C)(C)CC)cc2)c2cccc3ccccc23)cc1. The van der Waals surface area contributed by atoms with Crippen LogP contribution in [0.4, 0.5) is 17.1 Å². The Morgan fingerprint density at radius 3 is 1.68 bits per heavy atom. The van der Waals surface area contributed by atoms with E-state index in [9.17, 15) is 0 Å². The minimum Gasteiger partial charge on any atom is -0.310 e. The van der Waals surface area contributed by atoms with Crippen LogP contribution in [0, 0.1) is 0 Å². The monoisotopic (exact) mass is 449 g/mol. The summed E-state index contributed by atoms with van der Waals surface area (Å²) >= 11 is 0. The van der Waals surface area contributed by atoms with E-state index in [1.165, 1.54) is 51.8 Å². The first-order valence-corrected chi connectivity index (χ1v) is 12.8. The number of fused-ring (bicyclic) bond motifs is 1. The van der Waals surface area contributed by atoms with E-state index in [1.807, 2.05) is 0 Å². The first-order valence-electron chi connectivity index (χ1n) is 12.8. The van der Waals surface area contributed by atoms with Crippen molar-refractivity contribution in [3.05, 3.63) is 102 Å². The second-order valence-electron chi connectivity index (χ2n) is 10.8. The van der Waals surface area contributed by atoms with Crippen LogP contribution in [-0.4, -0.2) is 0 Å². The van der Waals surface area contributed by atoms with Gasteiger partial charge < -0.3 is 4.90 Å². The molecule has 0 atom stereocenters. The molecule has 0 heterocycles. The van der Waals surface area contributed by atoms with E-state index in [2.05, 4.69) is 137 Å². The van der Waals surface area contributed by atoms with Gasteiger partial charge in [-0.3, -0.25) is 0 Å². The van der Waals surface area contributed by atoms with Crippen LogP contribution in [0.3, 0.4) is 0 Å². The molecule has 0 fully saturated rings. The van der Waals surface area contributed by atoms with E-state index in [0.29, 0.717) is 0 Å². The highest BCUT2D eigenvalue weighted by molar-refractivity contribution is 5.98. The predicted octanol–water partition coefficient (Wildman–Crippen LogP) is 10.1. The van der Waals surface area contributed by atoms with Crippen LogP contribution in [0.15, 0.2) is 91.0 Å². The lowest BCUT2D eigenvalue weighted by atomic mass is 9.80. The lowest BCUT2D eigenvalue weighted by Crippen LogP contribution is -2.17. The molecule has 4 rings (SSSR count). The molecule has 0 bridgehead atoms. The summed E-state index contributed by atoms with van der Waals surface area (Å²) in [5.74, 6) is 0. The zero-order valence-corrected chi connectivity index (χ0v) is 21.7. The summed E-state index contributed by atoms with van der Waals surface area (Å²) in [5, 5.41) is 2.52. The molecule has 0 aliphatic heterocycles. The van der Waals surface area contributed by atoms with Gasteiger partial charge in [-0.1, -0.05) is 109 Å². The lowest BCUT2D eigenvalue weighted by Gasteiger charge is -2.30. The van der Waals surface area contributed by atoms with E-state index in [1.54, 1.807) is 0 Å². The van der Waals surface area contributed by atoms with Crippen molar-refractivity contribution in [2.24, 2.45) is 0 Å². The molecule has 4 aromatic carbocycles. The van der Waals surface area contributed by atoms with Crippen molar-refractivity contribution in [2.75, 3.05) is 4.90 Å². The molecule has 1 heteroatoms. The second-order valence-corrected chi connectivity index (χ2v) is 10.8. The van der Waals surface area contributed by atoms with E-state index >= 15 is 0 Å². The van der Waals surface area contributed by atoms with E-state index in [4.69, 9.17) is 0 Å². The zero-order chi connectivity index (χ0) is 24.3. The number of benzene rings is 4. The van der Waals surface area contributed by atoms with Gasteiger partial charge in [0.25, 0.3) is 0 Å². The van der Waals surface area contributed by atoms with Gasteiger partial charge >= 0.3 is 0 Å². The Labute approximate surface area is 206 Å². The van der Waals surface area contributed by atoms with Gasteiger partial charge in [-0.25, -0.2) is 0 Å². The van der Waals surface area contributed by atoms with Crippen molar-refractivity contribution in [1.29, 1.82) is 0 Å². The first kappa shape index (κ1) is 24.1. The van der Waals surface area contributed by atoms with Gasteiger partial charge in [0.1, 0.15) is 0 Å². The van der Waals surface area contributed by atoms with E-state index in [0.717, 1.165) is 6.42 Å². The quantitative estimate of drug-likeness (QED) is 0.258. The van der Waals surface area contributed by atoms with Crippen LogP contribution >= 0.6 is 0 Å². The fraction of sp³-hybridized carbons (Fsp3) is 0.333. The number of rotatable bonds is 8. The number of hydrogen-bond acceptors (Lipinski definition) is 1. The maximum atomic E-state index is 2.40. The summed E-state index contributed by atoms with van der Waals surface area (Å²) in [6.07, 6.45) is 3.50. The highest BCUT2D eigenvalue weighted by Crippen LogP contribution is 2.40. The molecule has 176 valence electrons. The Morgan fingerprint density at radius 1 is 0.588 bits per heavy atom. The van der Waals surface area contributed by atoms with Crippen LogP contribution in [0.2, 0.25) is 0 Å². The number of hydrogen-bond donors (Lipinski definition) is 0. The Hall–Kier alpha value is -3.06. The minimum absolute atomic E-state index is 0.176. The Balaban J connectivity index is 1.84. The standard InChI is InChI=1S/C33H39N/c1-7-24-33(5,6)27-18-22-29(23-19-27)34(28-20-16-26(17-21-28)32(3,4)8-2)31-15-11-13-25-12-9-10-14-30(25)31/h9-23H,7-8,24H2,1-6H3. The molecule has 0 aromatic heterocycles. The van der Waals surface area contributed by atoms with Gasteiger partial charge in [-0.15, -0.1) is 0 Å².